The highest BCUT2D eigenvalue weighted by Crippen LogP contribution is 2.21. The van der Waals surface area contributed by atoms with Crippen molar-refractivity contribution in [2.45, 2.75) is 38.1 Å². The molecular weight excluding hydrogens is 322 g/mol. The van der Waals surface area contributed by atoms with Gasteiger partial charge in [-0.05, 0) is 43.5 Å². The number of hydrogen-bond acceptors (Lipinski definition) is 3. The van der Waals surface area contributed by atoms with Crippen LogP contribution in [0.1, 0.15) is 36.8 Å². The van der Waals surface area contributed by atoms with E-state index >= 15 is 0 Å². The highest BCUT2D eigenvalue weighted by Gasteiger charge is 2.23. The number of nitriles is 1. The van der Waals surface area contributed by atoms with E-state index in [1.807, 2.05) is 12.1 Å². The summed E-state index contributed by atoms with van der Waals surface area (Å²) in [6.07, 6.45) is 5.14. The summed E-state index contributed by atoms with van der Waals surface area (Å²) >= 11 is 0. The van der Waals surface area contributed by atoms with E-state index in [2.05, 4.69) is 40.6 Å². The normalized spacial score (nSPS) is 17.4. The molecule has 1 heterocycles. The maximum Gasteiger partial charge on any atom is 0.225 e. The molecule has 134 valence electrons. The van der Waals surface area contributed by atoms with E-state index in [9.17, 15) is 4.79 Å². The molecule has 0 aromatic heterocycles. The molecular formula is C22H25N3O. The van der Waals surface area contributed by atoms with E-state index in [0.717, 1.165) is 19.5 Å². The Hall–Kier alpha value is -2.64. The van der Waals surface area contributed by atoms with E-state index in [0.29, 0.717) is 23.7 Å². The van der Waals surface area contributed by atoms with Crippen LogP contribution in [0.2, 0.25) is 0 Å². The molecule has 1 amide bonds. The maximum atomic E-state index is 12.3. The van der Waals surface area contributed by atoms with E-state index in [1.54, 1.807) is 18.2 Å². The largest absolute Gasteiger partial charge is 0.325 e. The molecule has 1 saturated heterocycles. The summed E-state index contributed by atoms with van der Waals surface area (Å²) in [5.74, 6) is -0.0308. The Bertz CT molecular complexity index is 766. The Morgan fingerprint density at radius 2 is 1.88 bits per heavy atom. The Morgan fingerprint density at radius 3 is 2.69 bits per heavy atom. The Balaban J connectivity index is 1.55. The fourth-order valence-corrected chi connectivity index (χ4v) is 3.62. The van der Waals surface area contributed by atoms with Crippen molar-refractivity contribution < 1.29 is 4.79 Å². The van der Waals surface area contributed by atoms with E-state index in [-0.39, 0.29) is 5.91 Å². The van der Waals surface area contributed by atoms with Crippen molar-refractivity contribution in [3.63, 3.8) is 0 Å². The highest BCUT2D eigenvalue weighted by atomic mass is 16.1. The van der Waals surface area contributed by atoms with Crippen LogP contribution in [0, 0.1) is 11.3 Å². The summed E-state index contributed by atoms with van der Waals surface area (Å²) < 4.78 is 0. The molecule has 1 N–H and O–H groups in total. The lowest BCUT2D eigenvalue weighted by Crippen LogP contribution is -2.42. The van der Waals surface area contributed by atoms with Gasteiger partial charge in [0.2, 0.25) is 5.91 Å². The van der Waals surface area contributed by atoms with Gasteiger partial charge in [-0.25, -0.2) is 0 Å². The summed E-state index contributed by atoms with van der Waals surface area (Å²) in [6.45, 7) is 1.82. The lowest BCUT2D eigenvalue weighted by molar-refractivity contribution is -0.116. The van der Waals surface area contributed by atoms with Gasteiger partial charge in [0.15, 0.2) is 0 Å². The van der Waals surface area contributed by atoms with Crippen molar-refractivity contribution in [2.75, 3.05) is 18.4 Å². The van der Waals surface area contributed by atoms with Crippen LogP contribution in [0.5, 0.6) is 0 Å². The molecule has 0 radical (unpaired) electrons. The first-order valence-corrected chi connectivity index (χ1v) is 9.33. The van der Waals surface area contributed by atoms with Gasteiger partial charge in [-0.1, -0.05) is 48.9 Å². The second-order valence-corrected chi connectivity index (χ2v) is 6.83. The summed E-state index contributed by atoms with van der Waals surface area (Å²) in [6, 6.07) is 20.3. The minimum Gasteiger partial charge on any atom is -0.325 e. The molecule has 0 aliphatic carbocycles. The number of para-hydroxylation sites is 1. The molecule has 0 bridgehead atoms. The highest BCUT2D eigenvalue weighted by molar-refractivity contribution is 5.92. The topological polar surface area (TPSA) is 56.1 Å². The Kier molecular flexibility index (Phi) is 6.40. The Labute approximate surface area is 155 Å². The van der Waals surface area contributed by atoms with Crippen LogP contribution in [0.15, 0.2) is 54.6 Å². The predicted molar refractivity (Wildman–Crippen MR) is 104 cm³/mol. The van der Waals surface area contributed by atoms with Crippen LogP contribution in [-0.4, -0.2) is 29.9 Å². The molecule has 0 saturated carbocycles. The van der Waals surface area contributed by atoms with E-state index in [4.69, 9.17) is 5.26 Å². The van der Waals surface area contributed by atoms with Crippen molar-refractivity contribution in [3.05, 3.63) is 65.7 Å². The second kappa shape index (κ2) is 9.17. The number of likely N-dealkylation sites (tertiary alicyclic amines) is 1. The average molecular weight is 347 g/mol. The van der Waals surface area contributed by atoms with Gasteiger partial charge < -0.3 is 5.32 Å². The van der Waals surface area contributed by atoms with Gasteiger partial charge in [0.1, 0.15) is 6.07 Å². The SMILES string of the molecule is N#Cc1ccccc1NC(=O)CCN1CCCCC1Cc1ccccc1. The fourth-order valence-electron chi connectivity index (χ4n) is 3.62. The number of hydrogen-bond donors (Lipinski definition) is 1. The standard InChI is InChI=1S/C22H25N3O/c23-17-19-10-4-5-12-21(19)24-22(26)13-15-25-14-7-6-11-20(25)16-18-8-2-1-3-9-18/h1-5,8-10,12,20H,6-7,11,13-16H2,(H,24,26). The lowest BCUT2D eigenvalue weighted by atomic mass is 9.95. The summed E-state index contributed by atoms with van der Waals surface area (Å²) in [7, 11) is 0. The number of nitrogens with one attached hydrogen (secondary N) is 1. The third kappa shape index (κ3) is 4.93. The molecule has 2 aromatic rings. The van der Waals surface area contributed by atoms with Gasteiger partial charge in [0, 0.05) is 19.0 Å². The van der Waals surface area contributed by atoms with Crippen molar-refractivity contribution in [1.29, 1.82) is 5.26 Å². The maximum absolute atomic E-state index is 12.3. The minimum absolute atomic E-state index is 0.0308. The zero-order chi connectivity index (χ0) is 18.2. The Morgan fingerprint density at radius 1 is 1.12 bits per heavy atom. The number of rotatable bonds is 6. The first-order valence-electron chi connectivity index (χ1n) is 9.33. The van der Waals surface area contributed by atoms with Gasteiger partial charge >= 0.3 is 0 Å². The molecule has 1 fully saturated rings. The van der Waals surface area contributed by atoms with Gasteiger partial charge in [-0.15, -0.1) is 0 Å². The van der Waals surface area contributed by atoms with Gasteiger partial charge in [0.25, 0.3) is 0 Å². The third-order valence-electron chi connectivity index (χ3n) is 5.01. The molecule has 0 spiro atoms. The van der Waals surface area contributed by atoms with Crippen LogP contribution in [-0.2, 0) is 11.2 Å². The van der Waals surface area contributed by atoms with Crippen LogP contribution in [0.25, 0.3) is 0 Å². The second-order valence-electron chi connectivity index (χ2n) is 6.83. The zero-order valence-corrected chi connectivity index (χ0v) is 15.0. The quantitative estimate of drug-likeness (QED) is 0.860. The van der Waals surface area contributed by atoms with Gasteiger partial charge in [0.05, 0.1) is 11.3 Å². The number of piperidine rings is 1. The number of carbonyl (C=O) groups is 1. The summed E-state index contributed by atoms with van der Waals surface area (Å²) in [5, 5.41) is 12.0. The van der Waals surface area contributed by atoms with Gasteiger partial charge in [-0.3, -0.25) is 9.69 Å². The van der Waals surface area contributed by atoms with Crippen molar-refractivity contribution in [3.8, 4) is 6.07 Å². The lowest BCUT2D eigenvalue weighted by Gasteiger charge is -2.35. The van der Waals surface area contributed by atoms with Gasteiger partial charge in [-0.2, -0.15) is 5.26 Å². The minimum atomic E-state index is -0.0308. The predicted octanol–water partition coefficient (Wildman–Crippen LogP) is 3.98. The van der Waals surface area contributed by atoms with Crippen LogP contribution in [0.3, 0.4) is 0 Å². The fraction of sp³-hybridized carbons (Fsp3) is 0.364. The summed E-state index contributed by atoms with van der Waals surface area (Å²) in [5.41, 5.74) is 2.46. The average Bonchev–Trinajstić information content (AvgIpc) is 2.68. The number of carbonyl (C=O) groups excluding carboxylic acids is 1. The molecule has 2 aromatic carbocycles. The smallest absolute Gasteiger partial charge is 0.225 e. The molecule has 3 rings (SSSR count). The van der Waals surface area contributed by atoms with Crippen molar-refractivity contribution in [1.82, 2.24) is 4.90 Å². The first-order chi connectivity index (χ1) is 12.8. The number of benzene rings is 2. The molecule has 1 unspecified atom stereocenters. The van der Waals surface area contributed by atoms with E-state index in [1.165, 1.54) is 24.8 Å². The number of anilines is 1. The summed E-state index contributed by atoms with van der Waals surface area (Å²) in [4.78, 5) is 14.8. The third-order valence-corrected chi connectivity index (χ3v) is 5.01. The number of nitrogens with zero attached hydrogens (tertiary/aromatic N) is 2. The monoisotopic (exact) mass is 347 g/mol. The van der Waals surface area contributed by atoms with Crippen LogP contribution < -0.4 is 5.32 Å². The van der Waals surface area contributed by atoms with Crippen LogP contribution in [0.4, 0.5) is 5.69 Å². The van der Waals surface area contributed by atoms with Crippen molar-refractivity contribution >= 4 is 11.6 Å². The zero-order valence-electron chi connectivity index (χ0n) is 15.0. The first kappa shape index (κ1) is 18.2. The number of amides is 1. The molecule has 1 aliphatic rings. The van der Waals surface area contributed by atoms with Crippen LogP contribution >= 0.6 is 0 Å². The molecule has 4 heteroatoms. The molecule has 26 heavy (non-hydrogen) atoms. The van der Waals surface area contributed by atoms with Crippen molar-refractivity contribution in [2.24, 2.45) is 0 Å². The molecule has 1 aliphatic heterocycles. The molecule has 1 atom stereocenters. The molecule has 4 nitrogen and oxygen atoms in total. The van der Waals surface area contributed by atoms with E-state index < -0.39 is 0 Å².